The topological polar surface area (TPSA) is 66.4 Å². The number of rotatable bonds is 3. The highest BCUT2D eigenvalue weighted by atomic mass is 35.5. The molecule has 0 aliphatic heterocycles. The molecule has 0 heterocycles. The number of nitrogens with one attached hydrogen (secondary N) is 1. The average Bonchev–Trinajstić information content (AvgIpc) is 2.83. The maximum Gasteiger partial charge on any atom is 0.306 e. The lowest BCUT2D eigenvalue weighted by Crippen LogP contribution is -2.22. The fraction of sp³-hybridized carbons (Fsp3) is 0.385. The van der Waals surface area contributed by atoms with Gasteiger partial charge in [-0.25, -0.2) is 8.78 Å². The summed E-state index contributed by atoms with van der Waals surface area (Å²) in [6.45, 7) is 0. The lowest BCUT2D eigenvalue weighted by Gasteiger charge is -2.12. The highest BCUT2D eigenvalue weighted by Crippen LogP contribution is 2.33. The van der Waals surface area contributed by atoms with Crippen LogP contribution in [0.25, 0.3) is 0 Å². The minimum absolute atomic E-state index is 0.210. The van der Waals surface area contributed by atoms with Crippen LogP contribution in [0.1, 0.15) is 19.3 Å². The molecule has 108 valence electrons. The van der Waals surface area contributed by atoms with Crippen molar-refractivity contribution in [3.8, 4) is 0 Å². The van der Waals surface area contributed by atoms with Crippen molar-refractivity contribution in [3.63, 3.8) is 0 Å². The van der Waals surface area contributed by atoms with E-state index in [1.165, 1.54) is 0 Å². The molecule has 1 amide bonds. The van der Waals surface area contributed by atoms with Crippen molar-refractivity contribution in [2.24, 2.45) is 11.8 Å². The molecule has 0 spiro atoms. The number of amides is 1. The lowest BCUT2D eigenvalue weighted by molar-refractivity contribution is -0.141. The van der Waals surface area contributed by atoms with Crippen LogP contribution in [0.15, 0.2) is 12.1 Å². The van der Waals surface area contributed by atoms with Gasteiger partial charge in [0.05, 0.1) is 16.6 Å². The van der Waals surface area contributed by atoms with Gasteiger partial charge in [0, 0.05) is 12.0 Å². The Bertz CT molecular complexity index is 542. The van der Waals surface area contributed by atoms with Gasteiger partial charge in [-0.3, -0.25) is 9.59 Å². The molecule has 2 atom stereocenters. The van der Waals surface area contributed by atoms with Gasteiger partial charge in [-0.2, -0.15) is 0 Å². The average molecular weight is 304 g/mol. The van der Waals surface area contributed by atoms with Gasteiger partial charge in [-0.1, -0.05) is 11.6 Å². The predicted molar refractivity (Wildman–Crippen MR) is 68.5 cm³/mol. The molecule has 2 N–H and O–H groups in total. The molecule has 20 heavy (non-hydrogen) atoms. The van der Waals surface area contributed by atoms with Gasteiger partial charge in [0.15, 0.2) is 5.82 Å². The second kappa shape index (κ2) is 5.75. The Labute approximate surface area is 118 Å². The van der Waals surface area contributed by atoms with Crippen LogP contribution in [0, 0.1) is 23.5 Å². The monoisotopic (exact) mass is 303 g/mol. The Kier molecular flexibility index (Phi) is 4.23. The summed E-state index contributed by atoms with van der Waals surface area (Å²) in [6.07, 6.45) is 1.04. The summed E-state index contributed by atoms with van der Waals surface area (Å²) in [4.78, 5) is 22.8. The smallest absolute Gasteiger partial charge is 0.306 e. The first-order valence-electron chi connectivity index (χ1n) is 6.06. The zero-order chi connectivity index (χ0) is 14.9. The molecule has 2 rings (SSSR count). The van der Waals surface area contributed by atoms with Crippen LogP contribution in [0.3, 0.4) is 0 Å². The van der Waals surface area contributed by atoms with E-state index in [1.54, 1.807) is 0 Å². The van der Waals surface area contributed by atoms with E-state index in [1.807, 2.05) is 0 Å². The first kappa shape index (κ1) is 14.7. The summed E-state index contributed by atoms with van der Waals surface area (Å²) in [5.41, 5.74) is -0.281. The van der Waals surface area contributed by atoms with Crippen molar-refractivity contribution < 1.29 is 23.5 Å². The largest absolute Gasteiger partial charge is 0.481 e. The summed E-state index contributed by atoms with van der Waals surface area (Å²) in [5, 5.41) is 10.9. The van der Waals surface area contributed by atoms with Crippen molar-refractivity contribution >= 4 is 29.2 Å². The molecule has 0 radical (unpaired) electrons. The van der Waals surface area contributed by atoms with Crippen LogP contribution in [-0.2, 0) is 9.59 Å². The molecule has 7 heteroatoms. The fourth-order valence-corrected chi connectivity index (χ4v) is 2.57. The summed E-state index contributed by atoms with van der Waals surface area (Å²) >= 11 is 5.68. The van der Waals surface area contributed by atoms with E-state index in [0.717, 1.165) is 6.07 Å². The summed E-state index contributed by atoms with van der Waals surface area (Å²) in [5.74, 6) is -4.29. The van der Waals surface area contributed by atoms with E-state index >= 15 is 0 Å². The molecule has 0 unspecified atom stereocenters. The zero-order valence-electron chi connectivity index (χ0n) is 10.3. The zero-order valence-corrected chi connectivity index (χ0v) is 11.1. The maximum absolute atomic E-state index is 13.5. The third-order valence-electron chi connectivity index (χ3n) is 3.41. The van der Waals surface area contributed by atoms with E-state index in [0.29, 0.717) is 18.9 Å². The quantitative estimate of drug-likeness (QED) is 0.902. The fourth-order valence-electron chi connectivity index (χ4n) is 2.33. The minimum Gasteiger partial charge on any atom is -0.481 e. The Balaban J connectivity index is 2.08. The number of carbonyl (C=O) groups excluding carboxylic acids is 1. The SMILES string of the molecule is O=C(O)[C@H]1CC[C@@H](C(=O)Nc2c(F)cc(F)cc2Cl)C1. The molecule has 1 aromatic rings. The summed E-state index contributed by atoms with van der Waals surface area (Å²) < 4.78 is 26.4. The van der Waals surface area contributed by atoms with E-state index in [2.05, 4.69) is 5.32 Å². The number of carboxylic acid groups (broad SMARTS) is 1. The lowest BCUT2D eigenvalue weighted by atomic mass is 10.0. The van der Waals surface area contributed by atoms with Crippen LogP contribution in [0.4, 0.5) is 14.5 Å². The summed E-state index contributed by atoms with van der Waals surface area (Å²) in [7, 11) is 0. The molecule has 1 aliphatic carbocycles. The molecule has 1 fully saturated rings. The van der Waals surface area contributed by atoms with Gasteiger partial charge < -0.3 is 10.4 Å². The second-order valence-corrected chi connectivity index (χ2v) is 5.19. The Morgan fingerprint density at radius 2 is 1.90 bits per heavy atom. The number of carbonyl (C=O) groups is 2. The number of carboxylic acids is 1. The molecule has 1 aromatic carbocycles. The van der Waals surface area contributed by atoms with Crippen LogP contribution in [0.2, 0.25) is 5.02 Å². The number of hydrogen-bond acceptors (Lipinski definition) is 2. The molecular weight excluding hydrogens is 292 g/mol. The number of benzene rings is 1. The summed E-state index contributed by atoms with van der Waals surface area (Å²) in [6, 6.07) is 1.52. The molecule has 0 saturated heterocycles. The van der Waals surface area contributed by atoms with Crippen LogP contribution in [0.5, 0.6) is 0 Å². The van der Waals surface area contributed by atoms with Crippen molar-refractivity contribution in [1.29, 1.82) is 0 Å². The van der Waals surface area contributed by atoms with Gasteiger partial charge in [0.25, 0.3) is 0 Å². The van der Waals surface area contributed by atoms with Gasteiger partial charge in [-0.05, 0) is 25.3 Å². The maximum atomic E-state index is 13.5. The van der Waals surface area contributed by atoms with Crippen molar-refractivity contribution in [2.75, 3.05) is 5.32 Å². The van der Waals surface area contributed by atoms with Gasteiger partial charge in [-0.15, -0.1) is 0 Å². The Morgan fingerprint density at radius 3 is 2.45 bits per heavy atom. The van der Waals surface area contributed by atoms with E-state index in [-0.39, 0.29) is 17.1 Å². The highest BCUT2D eigenvalue weighted by Gasteiger charge is 2.34. The highest BCUT2D eigenvalue weighted by molar-refractivity contribution is 6.33. The molecule has 0 aromatic heterocycles. The number of anilines is 1. The second-order valence-electron chi connectivity index (χ2n) is 4.78. The third kappa shape index (κ3) is 3.07. The van der Waals surface area contributed by atoms with Gasteiger partial charge in [0.2, 0.25) is 5.91 Å². The Morgan fingerprint density at radius 1 is 1.25 bits per heavy atom. The first-order chi connectivity index (χ1) is 9.38. The van der Waals surface area contributed by atoms with Crippen LogP contribution >= 0.6 is 11.6 Å². The number of hydrogen-bond donors (Lipinski definition) is 2. The van der Waals surface area contributed by atoms with Gasteiger partial charge >= 0.3 is 5.97 Å². The number of aliphatic carboxylic acids is 1. The molecule has 0 bridgehead atoms. The van der Waals surface area contributed by atoms with Crippen molar-refractivity contribution in [1.82, 2.24) is 0 Å². The van der Waals surface area contributed by atoms with Crippen LogP contribution < -0.4 is 5.32 Å². The van der Waals surface area contributed by atoms with Crippen molar-refractivity contribution in [3.05, 3.63) is 28.8 Å². The molecular formula is C13H12ClF2NO3. The Hall–Kier alpha value is -1.69. The number of halogens is 3. The first-order valence-corrected chi connectivity index (χ1v) is 6.44. The molecule has 1 aliphatic rings. The van der Waals surface area contributed by atoms with E-state index < -0.39 is 35.3 Å². The molecule has 4 nitrogen and oxygen atoms in total. The van der Waals surface area contributed by atoms with E-state index in [9.17, 15) is 18.4 Å². The molecule has 1 saturated carbocycles. The standard InChI is InChI=1S/C13H12ClF2NO3/c14-9-4-8(15)5-10(16)11(9)17-12(18)6-1-2-7(3-6)13(19)20/h4-7H,1-3H2,(H,17,18)(H,19,20)/t6-,7+/m1/s1. The normalized spacial score (nSPS) is 21.8. The third-order valence-corrected chi connectivity index (χ3v) is 3.71. The van der Waals surface area contributed by atoms with E-state index in [4.69, 9.17) is 16.7 Å². The van der Waals surface area contributed by atoms with Crippen LogP contribution in [-0.4, -0.2) is 17.0 Å². The van der Waals surface area contributed by atoms with Gasteiger partial charge in [0.1, 0.15) is 5.82 Å². The van der Waals surface area contributed by atoms with Crippen molar-refractivity contribution in [2.45, 2.75) is 19.3 Å². The predicted octanol–water partition coefficient (Wildman–Crippen LogP) is 3.06. The minimum atomic E-state index is -0.962.